The molecule has 0 fully saturated rings. The van der Waals surface area contributed by atoms with E-state index in [0.29, 0.717) is 52.7 Å². The fourth-order valence-corrected chi connectivity index (χ4v) is 4.38. The smallest absolute Gasteiger partial charge is 0.252 e. The van der Waals surface area contributed by atoms with Gasteiger partial charge in [-0.2, -0.15) is 5.10 Å². The summed E-state index contributed by atoms with van der Waals surface area (Å²) in [6.45, 7) is 8.41. The highest BCUT2D eigenvalue weighted by atomic mass is 16.6. The van der Waals surface area contributed by atoms with Crippen LogP contribution in [-0.2, 0) is 4.79 Å². The number of hydrogen-bond acceptors (Lipinski definition) is 6. The molecule has 1 aliphatic rings. The molecule has 0 saturated heterocycles. The molecule has 1 aliphatic heterocycles. The number of aromatic nitrogens is 3. The van der Waals surface area contributed by atoms with Gasteiger partial charge in [-0.1, -0.05) is 12.1 Å². The van der Waals surface area contributed by atoms with E-state index in [1.54, 1.807) is 12.3 Å². The molecule has 1 atom stereocenters. The highest BCUT2D eigenvalue weighted by Crippen LogP contribution is 2.35. The second-order valence-corrected chi connectivity index (χ2v) is 9.34. The number of rotatable bonds is 6. The zero-order valence-electron chi connectivity index (χ0n) is 21.2. The second kappa shape index (κ2) is 9.93. The third kappa shape index (κ3) is 4.97. The molecule has 0 bridgehead atoms. The fourth-order valence-electron chi connectivity index (χ4n) is 4.38. The Bertz CT molecular complexity index is 1490. The maximum atomic E-state index is 13.6. The van der Waals surface area contributed by atoms with Crippen molar-refractivity contribution in [2.45, 2.75) is 39.8 Å². The van der Waals surface area contributed by atoms with Gasteiger partial charge in [-0.3, -0.25) is 9.59 Å². The van der Waals surface area contributed by atoms with Crippen molar-refractivity contribution in [2.24, 2.45) is 0 Å². The van der Waals surface area contributed by atoms with Gasteiger partial charge in [0.05, 0.1) is 28.9 Å². The van der Waals surface area contributed by atoms with Crippen molar-refractivity contribution >= 4 is 28.5 Å². The monoisotopic (exact) mass is 499 g/mol. The van der Waals surface area contributed by atoms with Gasteiger partial charge in [0.25, 0.3) is 5.91 Å². The van der Waals surface area contributed by atoms with Gasteiger partial charge in [-0.15, -0.1) is 0 Å². The SMILES string of the molecule is CC(=O)Nc1cccc(C(C)NC(=O)c2cc(-c3ccc4c(c3)OCCO4)nc3c2cnn3C(C)C)c1. The average molecular weight is 500 g/mol. The summed E-state index contributed by atoms with van der Waals surface area (Å²) >= 11 is 0. The number of carbonyl (C=O) groups is 2. The maximum absolute atomic E-state index is 13.6. The van der Waals surface area contributed by atoms with Crippen LogP contribution in [0, 0.1) is 0 Å². The van der Waals surface area contributed by atoms with Gasteiger partial charge >= 0.3 is 0 Å². The van der Waals surface area contributed by atoms with Crippen molar-refractivity contribution < 1.29 is 19.1 Å². The first-order chi connectivity index (χ1) is 17.8. The molecule has 190 valence electrons. The molecular weight excluding hydrogens is 470 g/mol. The van der Waals surface area contributed by atoms with Gasteiger partial charge in [-0.05, 0) is 62.7 Å². The molecule has 0 radical (unpaired) electrons. The molecule has 0 saturated carbocycles. The van der Waals surface area contributed by atoms with E-state index in [9.17, 15) is 9.59 Å². The zero-order chi connectivity index (χ0) is 26.1. The Morgan fingerprint density at radius 3 is 2.54 bits per heavy atom. The van der Waals surface area contributed by atoms with Crippen LogP contribution in [0.3, 0.4) is 0 Å². The fraction of sp³-hybridized carbons (Fsp3) is 0.286. The highest BCUT2D eigenvalue weighted by molar-refractivity contribution is 6.06. The van der Waals surface area contributed by atoms with Gasteiger partial charge in [-0.25, -0.2) is 9.67 Å². The zero-order valence-corrected chi connectivity index (χ0v) is 21.2. The number of ether oxygens (including phenoxy) is 2. The van der Waals surface area contributed by atoms with E-state index in [4.69, 9.17) is 14.5 Å². The van der Waals surface area contributed by atoms with Crippen LogP contribution in [0.2, 0.25) is 0 Å². The molecule has 3 heterocycles. The van der Waals surface area contributed by atoms with Crippen LogP contribution >= 0.6 is 0 Å². The number of hydrogen-bond donors (Lipinski definition) is 2. The number of pyridine rings is 1. The van der Waals surface area contributed by atoms with Crippen molar-refractivity contribution in [3.8, 4) is 22.8 Å². The van der Waals surface area contributed by atoms with Gasteiger partial charge < -0.3 is 20.1 Å². The van der Waals surface area contributed by atoms with Gasteiger partial charge in [0, 0.05) is 24.2 Å². The van der Waals surface area contributed by atoms with Crippen molar-refractivity contribution in [3.63, 3.8) is 0 Å². The Morgan fingerprint density at radius 1 is 1.00 bits per heavy atom. The molecule has 4 aromatic rings. The predicted molar refractivity (Wildman–Crippen MR) is 141 cm³/mol. The van der Waals surface area contributed by atoms with E-state index in [0.717, 1.165) is 11.1 Å². The predicted octanol–water partition coefficient (Wildman–Crippen LogP) is 4.90. The average Bonchev–Trinajstić information content (AvgIpc) is 3.32. The molecule has 5 rings (SSSR count). The van der Waals surface area contributed by atoms with Crippen LogP contribution < -0.4 is 20.1 Å². The molecular formula is C28H29N5O4. The minimum Gasteiger partial charge on any atom is -0.486 e. The van der Waals surface area contributed by atoms with Crippen LogP contribution in [0.4, 0.5) is 5.69 Å². The van der Waals surface area contributed by atoms with Crippen molar-refractivity contribution in [1.29, 1.82) is 0 Å². The highest BCUT2D eigenvalue weighted by Gasteiger charge is 2.21. The van der Waals surface area contributed by atoms with Gasteiger partial charge in [0.2, 0.25) is 5.91 Å². The van der Waals surface area contributed by atoms with Crippen molar-refractivity contribution in [1.82, 2.24) is 20.1 Å². The van der Waals surface area contributed by atoms with Crippen LogP contribution in [-0.4, -0.2) is 39.8 Å². The minimum absolute atomic E-state index is 0.0619. The third-order valence-corrected chi connectivity index (χ3v) is 6.19. The Balaban J connectivity index is 1.52. The quantitative estimate of drug-likeness (QED) is 0.391. The lowest BCUT2D eigenvalue weighted by atomic mass is 10.0. The minimum atomic E-state index is -0.303. The standard InChI is InChI=1S/C28H29N5O4/c1-16(2)33-27-23(15-29-33)22(14-24(32-27)20-8-9-25-26(13-20)37-11-10-36-25)28(35)30-17(3)19-6-5-7-21(12-19)31-18(4)34/h5-9,12-17H,10-11H2,1-4H3,(H,30,35)(H,31,34). The molecule has 2 amide bonds. The number of carbonyl (C=O) groups excluding carboxylic acids is 2. The Kier molecular flexibility index (Phi) is 6.52. The normalized spacial score (nSPS) is 13.4. The van der Waals surface area contributed by atoms with E-state index < -0.39 is 0 Å². The van der Waals surface area contributed by atoms with Crippen molar-refractivity contribution in [2.75, 3.05) is 18.5 Å². The van der Waals surface area contributed by atoms with Crippen LogP contribution in [0.15, 0.2) is 54.7 Å². The van der Waals surface area contributed by atoms with Gasteiger partial charge in [0.15, 0.2) is 17.1 Å². The molecule has 2 aromatic carbocycles. The lowest BCUT2D eigenvalue weighted by Crippen LogP contribution is -2.27. The molecule has 37 heavy (non-hydrogen) atoms. The first-order valence-corrected chi connectivity index (χ1v) is 12.3. The number of fused-ring (bicyclic) bond motifs is 2. The second-order valence-electron chi connectivity index (χ2n) is 9.34. The summed E-state index contributed by atoms with van der Waals surface area (Å²) in [5.74, 6) is 0.951. The lowest BCUT2D eigenvalue weighted by molar-refractivity contribution is -0.114. The topological polar surface area (TPSA) is 107 Å². The number of nitrogens with one attached hydrogen (secondary N) is 2. The third-order valence-electron chi connectivity index (χ3n) is 6.19. The lowest BCUT2D eigenvalue weighted by Gasteiger charge is -2.19. The summed E-state index contributed by atoms with van der Waals surface area (Å²) in [4.78, 5) is 29.9. The molecule has 9 nitrogen and oxygen atoms in total. The molecule has 9 heteroatoms. The summed E-state index contributed by atoms with van der Waals surface area (Å²) in [6.07, 6.45) is 1.69. The van der Waals surface area contributed by atoms with E-state index >= 15 is 0 Å². The molecule has 0 aliphatic carbocycles. The number of anilines is 1. The first-order valence-electron chi connectivity index (χ1n) is 12.3. The summed E-state index contributed by atoms with van der Waals surface area (Å²) in [7, 11) is 0. The Labute approximate surface area is 214 Å². The van der Waals surface area contributed by atoms with E-state index in [2.05, 4.69) is 15.7 Å². The first kappa shape index (κ1) is 24.3. The molecule has 0 spiro atoms. The Morgan fingerprint density at radius 2 is 1.78 bits per heavy atom. The Hall–Kier alpha value is -4.40. The van der Waals surface area contributed by atoms with E-state index in [-0.39, 0.29) is 23.9 Å². The van der Waals surface area contributed by atoms with Gasteiger partial charge in [0.1, 0.15) is 13.2 Å². The summed E-state index contributed by atoms with van der Waals surface area (Å²) in [6, 6.07) is 14.6. The van der Waals surface area contributed by atoms with Crippen LogP contribution in [0.5, 0.6) is 11.5 Å². The largest absolute Gasteiger partial charge is 0.486 e. The number of nitrogens with zero attached hydrogens (tertiary/aromatic N) is 3. The molecule has 1 unspecified atom stereocenters. The molecule has 2 N–H and O–H groups in total. The van der Waals surface area contributed by atoms with Crippen LogP contribution in [0.1, 0.15) is 55.7 Å². The van der Waals surface area contributed by atoms with Crippen molar-refractivity contribution in [3.05, 3.63) is 65.9 Å². The number of amides is 2. The van der Waals surface area contributed by atoms with E-state index in [1.165, 1.54) is 6.92 Å². The van der Waals surface area contributed by atoms with Crippen LogP contribution in [0.25, 0.3) is 22.3 Å². The maximum Gasteiger partial charge on any atom is 0.252 e. The summed E-state index contributed by atoms with van der Waals surface area (Å²) < 4.78 is 13.2. The summed E-state index contributed by atoms with van der Waals surface area (Å²) in [5, 5.41) is 11.1. The van der Waals surface area contributed by atoms with E-state index in [1.807, 2.05) is 67.9 Å². The number of benzene rings is 2. The molecule has 2 aromatic heterocycles. The summed E-state index contributed by atoms with van der Waals surface area (Å²) in [5.41, 5.74) is 4.11.